The molecule has 106 valence electrons. The topological polar surface area (TPSA) is 3.24 Å². The monoisotopic (exact) mass is 287 g/mol. The van der Waals surface area contributed by atoms with Gasteiger partial charge in [-0.05, 0) is 43.3 Å². The molecule has 2 rings (SSSR count). The van der Waals surface area contributed by atoms with Gasteiger partial charge in [-0.2, -0.15) is 0 Å². The zero-order valence-corrected chi connectivity index (χ0v) is 13.2. The largest absolute Gasteiger partial charge is 0.306 e. The molecule has 0 unspecified atom stereocenters. The zero-order chi connectivity index (χ0) is 13.7. The second-order valence-electron chi connectivity index (χ2n) is 5.06. The molecule has 2 aromatic rings. The van der Waals surface area contributed by atoms with E-state index in [1.54, 1.807) is 0 Å². The predicted octanol–water partition coefficient (Wildman–Crippen LogP) is 4.41. The Balaban J connectivity index is 0.00000200. The van der Waals surface area contributed by atoms with E-state index in [2.05, 4.69) is 86.6 Å². The van der Waals surface area contributed by atoms with E-state index in [1.165, 1.54) is 22.3 Å². The molecule has 2 heteroatoms. The van der Waals surface area contributed by atoms with Crippen molar-refractivity contribution in [3.05, 3.63) is 77.4 Å². The lowest BCUT2D eigenvalue weighted by atomic mass is 9.94. The van der Waals surface area contributed by atoms with Crippen molar-refractivity contribution in [3.8, 4) is 0 Å². The summed E-state index contributed by atoms with van der Waals surface area (Å²) in [5.74, 6) is 0. The van der Waals surface area contributed by atoms with Gasteiger partial charge in [0.15, 0.2) is 0 Å². The van der Waals surface area contributed by atoms with Crippen LogP contribution in [-0.4, -0.2) is 25.5 Å². The Labute approximate surface area is 128 Å². The van der Waals surface area contributed by atoms with E-state index in [4.69, 9.17) is 0 Å². The molecule has 0 aliphatic rings. The highest BCUT2D eigenvalue weighted by Crippen LogP contribution is 2.25. The normalized spacial score (nSPS) is 11.3. The van der Waals surface area contributed by atoms with Crippen LogP contribution in [0.2, 0.25) is 0 Å². The van der Waals surface area contributed by atoms with Crippen molar-refractivity contribution in [2.75, 3.05) is 20.6 Å². The Hall–Kier alpha value is -1.57. The number of hydrogen-bond acceptors (Lipinski definition) is 1. The second kappa shape index (κ2) is 7.88. The summed E-state index contributed by atoms with van der Waals surface area (Å²) in [6, 6.07) is 19.2. The Morgan fingerprint density at radius 1 is 0.950 bits per heavy atom. The number of benzene rings is 2. The second-order valence-corrected chi connectivity index (χ2v) is 5.06. The quantitative estimate of drug-likeness (QED) is 0.805. The van der Waals surface area contributed by atoms with Crippen molar-refractivity contribution < 1.29 is 0 Å². The molecule has 0 saturated heterocycles. The van der Waals surface area contributed by atoms with Crippen LogP contribution in [0.5, 0.6) is 0 Å². The van der Waals surface area contributed by atoms with E-state index in [-0.39, 0.29) is 12.4 Å². The first-order valence-electron chi connectivity index (χ1n) is 6.65. The average Bonchev–Trinajstić information content (AvgIpc) is 2.42. The molecule has 0 spiro atoms. The number of aryl methyl sites for hydroxylation is 1. The Morgan fingerprint density at radius 2 is 1.55 bits per heavy atom. The van der Waals surface area contributed by atoms with Gasteiger partial charge in [0.1, 0.15) is 0 Å². The molecule has 0 aliphatic heterocycles. The number of halogens is 1. The van der Waals surface area contributed by atoms with Crippen LogP contribution < -0.4 is 0 Å². The number of rotatable bonds is 4. The van der Waals surface area contributed by atoms with Crippen LogP contribution in [0.25, 0.3) is 5.57 Å². The van der Waals surface area contributed by atoms with Crippen LogP contribution in [0, 0.1) is 6.92 Å². The molecule has 0 amide bonds. The number of nitrogens with zero attached hydrogens (tertiary/aromatic N) is 1. The van der Waals surface area contributed by atoms with Crippen LogP contribution in [0.15, 0.2) is 60.7 Å². The predicted molar refractivity (Wildman–Crippen MR) is 90.5 cm³/mol. The smallest absolute Gasteiger partial charge is 0.0166 e. The lowest BCUT2D eigenvalue weighted by Crippen LogP contribution is -2.11. The molecule has 0 aliphatic carbocycles. The van der Waals surface area contributed by atoms with Gasteiger partial charge in [-0.3, -0.25) is 0 Å². The van der Waals surface area contributed by atoms with Crippen molar-refractivity contribution in [3.63, 3.8) is 0 Å². The molecular weight excluding hydrogens is 266 g/mol. The van der Waals surface area contributed by atoms with E-state index < -0.39 is 0 Å². The van der Waals surface area contributed by atoms with Crippen molar-refractivity contribution >= 4 is 18.0 Å². The average molecular weight is 288 g/mol. The van der Waals surface area contributed by atoms with Gasteiger partial charge in [0.2, 0.25) is 0 Å². The standard InChI is InChI=1S/C18H21N.ClH/c1-15-9-7-8-12-17(15)18(13-14-19(2)3)16-10-5-4-6-11-16;/h4-13H,14H2,1-3H3;1H. The van der Waals surface area contributed by atoms with Crippen LogP contribution >= 0.6 is 12.4 Å². The van der Waals surface area contributed by atoms with Gasteiger partial charge in [0.25, 0.3) is 0 Å². The van der Waals surface area contributed by atoms with Gasteiger partial charge in [0, 0.05) is 6.54 Å². The maximum atomic E-state index is 2.30. The maximum absolute atomic E-state index is 2.30. The van der Waals surface area contributed by atoms with Gasteiger partial charge in [-0.25, -0.2) is 0 Å². The maximum Gasteiger partial charge on any atom is 0.0166 e. The molecule has 0 heterocycles. The fourth-order valence-electron chi connectivity index (χ4n) is 2.15. The summed E-state index contributed by atoms with van der Waals surface area (Å²) in [5.41, 5.74) is 5.22. The highest BCUT2D eigenvalue weighted by molar-refractivity contribution is 5.85. The number of hydrogen-bond donors (Lipinski definition) is 0. The lowest BCUT2D eigenvalue weighted by molar-refractivity contribution is 0.457. The van der Waals surface area contributed by atoms with Crippen LogP contribution in [0.1, 0.15) is 16.7 Å². The lowest BCUT2D eigenvalue weighted by Gasteiger charge is -2.13. The summed E-state index contributed by atoms with van der Waals surface area (Å²) in [7, 11) is 4.19. The molecule has 0 saturated carbocycles. The summed E-state index contributed by atoms with van der Waals surface area (Å²) in [6.45, 7) is 3.11. The molecule has 2 aromatic carbocycles. The molecule has 0 fully saturated rings. The first-order chi connectivity index (χ1) is 9.18. The van der Waals surface area contributed by atoms with E-state index in [0.29, 0.717) is 0 Å². The van der Waals surface area contributed by atoms with Gasteiger partial charge in [0.05, 0.1) is 0 Å². The van der Waals surface area contributed by atoms with Gasteiger partial charge >= 0.3 is 0 Å². The minimum absolute atomic E-state index is 0. The molecule has 0 radical (unpaired) electrons. The van der Waals surface area contributed by atoms with E-state index in [0.717, 1.165) is 6.54 Å². The first kappa shape index (κ1) is 16.5. The van der Waals surface area contributed by atoms with E-state index in [9.17, 15) is 0 Å². The zero-order valence-electron chi connectivity index (χ0n) is 12.3. The SMILES string of the molecule is Cc1ccccc1C(=CCN(C)C)c1ccccc1.Cl. The Kier molecular flexibility index (Phi) is 6.50. The summed E-state index contributed by atoms with van der Waals surface area (Å²) in [5, 5.41) is 0. The van der Waals surface area contributed by atoms with Gasteiger partial charge in [-0.15, -0.1) is 12.4 Å². The van der Waals surface area contributed by atoms with Gasteiger partial charge in [-0.1, -0.05) is 60.7 Å². The minimum Gasteiger partial charge on any atom is -0.306 e. The summed E-state index contributed by atoms with van der Waals surface area (Å²) in [6.07, 6.45) is 2.30. The molecule has 20 heavy (non-hydrogen) atoms. The van der Waals surface area contributed by atoms with Gasteiger partial charge < -0.3 is 4.90 Å². The van der Waals surface area contributed by atoms with Crippen molar-refractivity contribution in [1.29, 1.82) is 0 Å². The Bertz CT molecular complexity index is 559. The molecule has 0 aromatic heterocycles. The third kappa shape index (κ3) is 4.22. The molecule has 0 atom stereocenters. The van der Waals surface area contributed by atoms with Crippen LogP contribution in [0.4, 0.5) is 0 Å². The number of likely N-dealkylation sites (N-methyl/N-ethyl adjacent to an activating group) is 1. The summed E-state index contributed by atoms with van der Waals surface area (Å²) < 4.78 is 0. The van der Waals surface area contributed by atoms with E-state index >= 15 is 0 Å². The Morgan fingerprint density at radius 3 is 2.15 bits per heavy atom. The van der Waals surface area contributed by atoms with Crippen LogP contribution in [0.3, 0.4) is 0 Å². The van der Waals surface area contributed by atoms with Crippen molar-refractivity contribution in [2.24, 2.45) is 0 Å². The molecular formula is C18H22ClN. The van der Waals surface area contributed by atoms with Crippen molar-refractivity contribution in [1.82, 2.24) is 4.90 Å². The van der Waals surface area contributed by atoms with Crippen molar-refractivity contribution in [2.45, 2.75) is 6.92 Å². The summed E-state index contributed by atoms with van der Waals surface area (Å²) in [4.78, 5) is 2.18. The molecule has 0 N–H and O–H groups in total. The first-order valence-corrected chi connectivity index (χ1v) is 6.65. The fraction of sp³-hybridized carbons (Fsp3) is 0.222. The molecule has 1 nitrogen and oxygen atoms in total. The fourth-order valence-corrected chi connectivity index (χ4v) is 2.15. The third-order valence-electron chi connectivity index (χ3n) is 3.18. The third-order valence-corrected chi connectivity index (χ3v) is 3.18. The highest BCUT2D eigenvalue weighted by atomic mass is 35.5. The summed E-state index contributed by atoms with van der Waals surface area (Å²) >= 11 is 0. The van der Waals surface area contributed by atoms with Crippen LogP contribution in [-0.2, 0) is 0 Å². The highest BCUT2D eigenvalue weighted by Gasteiger charge is 2.06. The molecule has 0 bridgehead atoms. The minimum atomic E-state index is 0. The van der Waals surface area contributed by atoms with E-state index in [1.807, 2.05) is 0 Å².